The van der Waals surface area contributed by atoms with Crippen LogP contribution in [0.15, 0.2) is 30.3 Å². The van der Waals surface area contributed by atoms with E-state index in [2.05, 4.69) is 10.6 Å². The predicted octanol–water partition coefficient (Wildman–Crippen LogP) is 0.645. The molecule has 1 aromatic carbocycles. The third kappa shape index (κ3) is 6.90. The molecule has 3 aliphatic rings. The largest absolute Gasteiger partial charge is 0.462 e. The standard InChI is InChI=1S/C28H39N5O7/c1-18-25(35)33-14-8-12-23(33)27(37)39-17-21(30-28(38)40-16-20-9-5-4-6-10-20)15-32-13-7-11-22(32)26(36)31(3)19(2)24(34)29-18/h4-6,9-10,18-19,21-23H,7-8,11-17H2,1-3H3,(H,29,34)(H,30,38)/t18-,19-,21+,22-,23-/m0/s1. The maximum absolute atomic E-state index is 13.4. The molecule has 218 valence electrons. The first-order valence-electron chi connectivity index (χ1n) is 13.9. The molecule has 0 unspecified atom stereocenters. The normalized spacial score (nSPS) is 28.9. The maximum atomic E-state index is 13.4. The minimum Gasteiger partial charge on any atom is -0.462 e. The first kappa shape index (κ1) is 29.3. The zero-order valence-electron chi connectivity index (χ0n) is 23.3. The van der Waals surface area contributed by atoms with Crippen LogP contribution in [0.2, 0.25) is 0 Å². The van der Waals surface area contributed by atoms with Crippen molar-refractivity contribution >= 4 is 29.8 Å². The number of rotatable bonds is 3. The van der Waals surface area contributed by atoms with Crippen LogP contribution < -0.4 is 10.6 Å². The van der Waals surface area contributed by atoms with Crippen molar-refractivity contribution in [2.45, 2.75) is 76.3 Å². The van der Waals surface area contributed by atoms with Crippen LogP contribution in [0.25, 0.3) is 0 Å². The van der Waals surface area contributed by atoms with Gasteiger partial charge in [0.05, 0.1) is 12.1 Å². The summed E-state index contributed by atoms with van der Waals surface area (Å²) < 4.78 is 11.0. The Labute approximate surface area is 234 Å². The van der Waals surface area contributed by atoms with Gasteiger partial charge in [0.25, 0.3) is 0 Å². The second kappa shape index (κ2) is 13.1. The first-order chi connectivity index (χ1) is 19.2. The molecule has 1 aromatic rings. The smallest absolute Gasteiger partial charge is 0.407 e. The summed E-state index contributed by atoms with van der Waals surface area (Å²) in [6.07, 6.45) is 1.76. The monoisotopic (exact) mass is 557 g/mol. The summed E-state index contributed by atoms with van der Waals surface area (Å²) in [5.41, 5.74) is 0.827. The van der Waals surface area contributed by atoms with E-state index in [4.69, 9.17) is 9.47 Å². The number of nitrogens with zero attached hydrogens (tertiary/aromatic N) is 3. The Balaban J connectivity index is 1.53. The lowest BCUT2D eigenvalue weighted by atomic mass is 10.1. The Bertz CT molecular complexity index is 1100. The Kier molecular flexibility index (Phi) is 9.62. The van der Waals surface area contributed by atoms with Crippen molar-refractivity contribution in [3.05, 3.63) is 35.9 Å². The molecule has 0 spiro atoms. The second-order valence-corrected chi connectivity index (χ2v) is 10.7. The summed E-state index contributed by atoms with van der Waals surface area (Å²) in [4.78, 5) is 70.1. The van der Waals surface area contributed by atoms with E-state index < -0.39 is 48.2 Å². The first-order valence-corrected chi connectivity index (χ1v) is 13.9. The summed E-state index contributed by atoms with van der Waals surface area (Å²) in [6, 6.07) is 5.63. The number of hydrogen-bond acceptors (Lipinski definition) is 8. The van der Waals surface area contributed by atoms with E-state index >= 15 is 0 Å². The van der Waals surface area contributed by atoms with E-state index in [0.717, 1.165) is 12.0 Å². The van der Waals surface area contributed by atoms with Gasteiger partial charge >= 0.3 is 12.1 Å². The number of esters is 1. The summed E-state index contributed by atoms with van der Waals surface area (Å²) in [6.45, 7) is 4.34. The van der Waals surface area contributed by atoms with Gasteiger partial charge in [-0.25, -0.2) is 9.59 Å². The molecule has 3 heterocycles. The molecular weight excluding hydrogens is 518 g/mol. The average molecular weight is 558 g/mol. The summed E-state index contributed by atoms with van der Waals surface area (Å²) in [7, 11) is 1.58. The molecule has 40 heavy (non-hydrogen) atoms. The fourth-order valence-electron chi connectivity index (χ4n) is 5.48. The van der Waals surface area contributed by atoms with Crippen molar-refractivity contribution in [3.8, 4) is 0 Å². The maximum Gasteiger partial charge on any atom is 0.407 e. The summed E-state index contributed by atoms with van der Waals surface area (Å²) in [5.74, 6) is -1.63. The number of nitrogens with one attached hydrogen (secondary N) is 2. The minimum absolute atomic E-state index is 0.0755. The van der Waals surface area contributed by atoms with E-state index in [-0.39, 0.29) is 31.6 Å². The lowest BCUT2D eigenvalue weighted by Gasteiger charge is -2.34. The van der Waals surface area contributed by atoms with E-state index in [9.17, 15) is 24.0 Å². The second-order valence-electron chi connectivity index (χ2n) is 10.7. The van der Waals surface area contributed by atoms with E-state index in [1.54, 1.807) is 20.9 Å². The molecular formula is C28H39N5O7. The Hall–Kier alpha value is -3.67. The number of fused-ring (bicyclic) bond motifs is 2. The number of amides is 4. The van der Waals surface area contributed by atoms with E-state index in [0.29, 0.717) is 32.4 Å². The Morgan fingerprint density at radius 3 is 2.48 bits per heavy atom. The van der Waals surface area contributed by atoms with Crippen LogP contribution in [0.5, 0.6) is 0 Å². The zero-order valence-corrected chi connectivity index (χ0v) is 23.3. The van der Waals surface area contributed by atoms with Gasteiger partial charge in [-0.15, -0.1) is 0 Å². The van der Waals surface area contributed by atoms with Gasteiger partial charge in [0.2, 0.25) is 17.7 Å². The highest BCUT2D eigenvalue weighted by Gasteiger charge is 2.40. The Morgan fingerprint density at radius 2 is 1.73 bits per heavy atom. The van der Waals surface area contributed by atoms with Crippen molar-refractivity contribution in [1.82, 2.24) is 25.3 Å². The quantitative estimate of drug-likeness (QED) is 0.517. The summed E-state index contributed by atoms with van der Waals surface area (Å²) in [5, 5.41) is 5.49. The van der Waals surface area contributed by atoms with Crippen LogP contribution >= 0.6 is 0 Å². The third-order valence-electron chi connectivity index (χ3n) is 7.91. The van der Waals surface area contributed by atoms with E-state index in [1.165, 1.54) is 9.80 Å². The fraction of sp³-hybridized carbons (Fsp3) is 0.607. The molecule has 5 atom stereocenters. The zero-order chi connectivity index (χ0) is 28.8. The molecule has 0 radical (unpaired) electrons. The minimum atomic E-state index is -0.878. The average Bonchev–Trinajstić information content (AvgIpc) is 3.63. The van der Waals surface area contributed by atoms with Crippen LogP contribution in [0, 0.1) is 0 Å². The number of likely N-dealkylation sites (N-methyl/N-ethyl adjacent to an activating group) is 1. The van der Waals surface area contributed by atoms with E-state index in [1.807, 2.05) is 35.2 Å². The molecule has 0 aliphatic carbocycles. The van der Waals surface area contributed by atoms with Gasteiger partial charge < -0.3 is 29.9 Å². The number of benzene rings is 1. The van der Waals surface area contributed by atoms with Gasteiger partial charge in [-0.3, -0.25) is 19.3 Å². The van der Waals surface area contributed by atoms with Crippen molar-refractivity contribution in [1.29, 1.82) is 0 Å². The van der Waals surface area contributed by atoms with Crippen LogP contribution in [0.1, 0.15) is 45.1 Å². The molecule has 3 saturated heterocycles. The molecule has 3 aliphatic heterocycles. The van der Waals surface area contributed by atoms with Gasteiger partial charge in [-0.2, -0.15) is 0 Å². The Morgan fingerprint density at radius 1 is 1.02 bits per heavy atom. The number of alkyl carbamates (subject to hydrolysis) is 1. The van der Waals surface area contributed by atoms with Gasteiger partial charge in [0, 0.05) is 20.1 Å². The lowest BCUT2D eigenvalue weighted by molar-refractivity contribution is -0.155. The predicted molar refractivity (Wildman–Crippen MR) is 144 cm³/mol. The van der Waals surface area contributed by atoms with Crippen LogP contribution in [-0.2, 0) is 35.3 Å². The number of hydrogen-bond donors (Lipinski definition) is 2. The molecule has 12 heteroatoms. The molecule has 2 N–H and O–H groups in total. The third-order valence-corrected chi connectivity index (χ3v) is 7.91. The highest BCUT2D eigenvalue weighted by molar-refractivity contribution is 5.94. The number of carbonyl (C=O) groups is 5. The lowest BCUT2D eigenvalue weighted by Crippen LogP contribution is -2.57. The molecule has 3 fully saturated rings. The molecule has 4 amide bonds. The van der Waals surface area contributed by atoms with Crippen LogP contribution in [0.3, 0.4) is 0 Å². The van der Waals surface area contributed by atoms with Gasteiger partial charge in [0.15, 0.2) is 0 Å². The van der Waals surface area contributed by atoms with Crippen LogP contribution in [0.4, 0.5) is 4.79 Å². The molecule has 0 bridgehead atoms. The van der Waals surface area contributed by atoms with Gasteiger partial charge in [-0.1, -0.05) is 30.3 Å². The number of carbonyl (C=O) groups excluding carboxylic acids is 5. The molecule has 0 aromatic heterocycles. The molecule has 0 saturated carbocycles. The highest BCUT2D eigenvalue weighted by Crippen LogP contribution is 2.22. The van der Waals surface area contributed by atoms with Crippen molar-refractivity contribution in [3.63, 3.8) is 0 Å². The molecule has 12 nitrogen and oxygen atoms in total. The van der Waals surface area contributed by atoms with Crippen molar-refractivity contribution < 1.29 is 33.4 Å². The summed E-state index contributed by atoms with van der Waals surface area (Å²) >= 11 is 0. The highest BCUT2D eigenvalue weighted by atomic mass is 16.6. The number of ether oxygens (including phenoxy) is 2. The van der Waals surface area contributed by atoms with Gasteiger partial charge in [0.1, 0.15) is 31.3 Å². The van der Waals surface area contributed by atoms with Crippen LogP contribution in [-0.4, -0.2) is 108 Å². The number of cyclic esters (lactones) is 1. The van der Waals surface area contributed by atoms with Gasteiger partial charge in [-0.05, 0) is 51.6 Å². The fourth-order valence-corrected chi connectivity index (χ4v) is 5.48. The SMILES string of the molecule is C[C@@H]1NC(=O)[C@H](C)N(C)C(=O)[C@@H]2CCCN2C[C@@H](NC(=O)OCc2ccccc2)COC(=O)[C@@H]2CCCN2C1=O. The van der Waals surface area contributed by atoms with Crippen molar-refractivity contribution in [2.24, 2.45) is 0 Å². The van der Waals surface area contributed by atoms with Crippen molar-refractivity contribution in [2.75, 3.05) is 33.3 Å². The topological polar surface area (TPSA) is 138 Å². The molecule has 4 rings (SSSR count).